The summed E-state index contributed by atoms with van der Waals surface area (Å²) in [6.07, 6.45) is -7.86. The van der Waals surface area contributed by atoms with Crippen LogP contribution in [0.2, 0.25) is 0 Å². The van der Waals surface area contributed by atoms with Gasteiger partial charge >= 0.3 is 41.7 Å². The maximum absolute atomic E-state index is 11.9. The summed E-state index contributed by atoms with van der Waals surface area (Å²) in [5.74, 6) is -6.87. The summed E-state index contributed by atoms with van der Waals surface area (Å²) in [6, 6.07) is 0. The van der Waals surface area contributed by atoms with Crippen LogP contribution in [-0.4, -0.2) is 30.8 Å². The minimum Gasteiger partial charge on any atom is -0.748 e. The van der Waals surface area contributed by atoms with Gasteiger partial charge in [0.1, 0.15) is 0 Å². The molecular formula is C4H4F5NaO3S. The van der Waals surface area contributed by atoms with Gasteiger partial charge in [0.15, 0.2) is 0 Å². The summed E-state index contributed by atoms with van der Waals surface area (Å²) in [5.41, 5.74) is 0. The summed E-state index contributed by atoms with van der Waals surface area (Å²) >= 11 is 0. The van der Waals surface area contributed by atoms with Crippen LogP contribution in [0.1, 0.15) is 6.42 Å². The van der Waals surface area contributed by atoms with Crippen molar-refractivity contribution >= 4 is 10.1 Å². The normalized spacial score (nSPS) is 13.6. The number of hydrogen-bond acceptors (Lipinski definition) is 3. The molecule has 0 fully saturated rings. The van der Waals surface area contributed by atoms with Gasteiger partial charge in [0.2, 0.25) is 0 Å². The first-order chi connectivity index (χ1) is 5.46. The molecule has 0 aromatic heterocycles. The Labute approximate surface area is 98.7 Å². The zero-order valence-corrected chi connectivity index (χ0v) is 9.75. The summed E-state index contributed by atoms with van der Waals surface area (Å²) in [6.45, 7) is 0. The van der Waals surface area contributed by atoms with Gasteiger partial charge in [0.25, 0.3) is 0 Å². The van der Waals surface area contributed by atoms with E-state index in [0.717, 1.165) is 0 Å². The third-order valence-corrected chi connectivity index (χ3v) is 1.78. The molecule has 0 rings (SSSR count). The predicted molar refractivity (Wildman–Crippen MR) is 30.2 cm³/mol. The fraction of sp³-hybridized carbons (Fsp3) is 1.00. The smallest absolute Gasteiger partial charge is 0.748 e. The molecule has 10 heteroatoms. The van der Waals surface area contributed by atoms with E-state index in [9.17, 15) is 34.9 Å². The van der Waals surface area contributed by atoms with Gasteiger partial charge in [-0.2, -0.15) is 22.0 Å². The molecule has 0 amide bonds. The molecule has 0 aromatic carbocycles. The van der Waals surface area contributed by atoms with Gasteiger partial charge < -0.3 is 4.55 Å². The van der Waals surface area contributed by atoms with Crippen LogP contribution in [0.4, 0.5) is 22.0 Å². The van der Waals surface area contributed by atoms with E-state index in [0.29, 0.717) is 0 Å². The molecule has 0 aliphatic heterocycles. The molecule has 3 nitrogen and oxygen atoms in total. The summed E-state index contributed by atoms with van der Waals surface area (Å²) in [5, 5.41) is 0. The van der Waals surface area contributed by atoms with Gasteiger partial charge in [-0.3, -0.25) is 0 Å². The van der Waals surface area contributed by atoms with Crippen molar-refractivity contribution < 1.29 is 64.5 Å². The first kappa shape index (κ1) is 17.0. The van der Waals surface area contributed by atoms with Crippen LogP contribution in [-0.2, 0) is 10.1 Å². The average molecular weight is 250 g/mol. The van der Waals surface area contributed by atoms with Crippen LogP contribution in [0.25, 0.3) is 0 Å². The maximum Gasteiger partial charge on any atom is 1.00 e. The molecule has 14 heavy (non-hydrogen) atoms. The van der Waals surface area contributed by atoms with Crippen molar-refractivity contribution in [2.45, 2.75) is 18.5 Å². The Balaban J connectivity index is 0. The third-order valence-electron chi connectivity index (χ3n) is 1.08. The Morgan fingerprint density at radius 2 is 1.43 bits per heavy atom. The molecule has 80 valence electrons. The number of hydrogen-bond donors (Lipinski definition) is 0. The van der Waals surface area contributed by atoms with Crippen LogP contribution in [0.3, 0.4) is 0 Å². The van der Waals surface area contributed by atoms with Crippen molar-refractivity contribution in [3.05, 3.63) is 0 Å². The van der Waals surface area contributed by atoms with Gasteiger partial charge in [0, 0.05) is 12.2 Å². The first-order valence-corrected chi connectivity index (χ1v) is 4.41. The fourth-order valence-electron chi connectivity index (χ4n) is 0.395. The van der Waals surface area contributed by atoms with Gasteiger partial charge in [0.05, 0.1) is 10.1 Å². The Hall–Kier alpha value is 0.560. The molecule has 0 heterocycles. The van der Waals surface area contributed by atoms with Crippen molar-refractivity contribution in [1.29, 1.82) is 0 Å². The van der Waals surface area contributed by atoms with Crippen LogP contribution >= 0.6 is 0 Å². The summed E-state index contributed by atoms with van der Waals surface area (Å²) < 4.78 is 87.2. The topological polar surface area (TPSA) is 57.2 Å². The minimum atomic E-state index is -5.82. The summed E-state index contributed by atoms with van der Waals surface area (Å²) in [7, 11) is -5.05. The molecule has 0 atom stereocenters. The van der Waals surface area contributed by atoms with E-state index in [-0.39, 0.29) is 29.6 Å². The van der Waals surface area contributed by atoms with Crippen molar-refractivity contribution in [1.82, 2.24) is 0 Å². The molecule has 0 unspecified atom stereocenters. The number of rotatable bonds is 3. The Morgan fingerprint density at radius 1 is 1.07 bits per heavy atom. The van der Waals surface area contributed by atoms with Crippen LogP contribution in [0, 0.1) is 0 Å². The SMILES string of the molecule is O=S(=O)([O-])CCC(F)(F)C(F)(F)F.[Na+]. The zero-order valence-electron chi connectivity index (χ0n) is 6.94. The molecule has 0 N–H and O–H groups in total. The zero-order chi connectivity index (χ0) is 10.9. The standard InChI is InChI=1S/C4H5F5O3S.Na/c5-3(6,4(7,8)9)1-2-13(10,11)12;/h1-2H2,(H,10,11,12);/q;+1/p-1. The van der Waals surface area contributed by atoms with E-state index in [1.165, 1.54) is 0 Å². The van der Waals surface area contributed by atoms with E-state index < -0.39 is 34.4 Å². The molecule has 0 radical (unpaired) electrons. The van der Waals surface area contributed by atoms with E-state index in [2.05, 4.69) is 0 Å². The Bertz CT molecular complexity index is 271. The van der Waals surface area contributed by atoms with Crippen molar-refractivity contribution in [3.8, 4) is 0 Å². The fourth-order valence-corrected chi connectivity index (χ4v) is 0.901. The first-order valence-electron chi connectivity index (χ1n) is 2.84. The second-order valence-electron chi connectivity index (χ2n) is 2.21. The average Bonchev–Trinajstić information content (AvgIpc) is 1.79. The van der Waals surface area contributed by atoms with E-state index in [1.807, 2.05) is 0 Å². The second-order valence-corrected chi connectivity index (χ2v) is 3.74. The minimum absolute atomic E-state index is 0. The number of alkyl halides is 5. The van der Waals surface area contributed by atoms with Crippen molar-refractivity contribution in [3.63, 3.8) is 0 Å². The van der Waals surface area contributed by atoms with Crippen LogP contribution in [0.15, 0.2) is 0 Å². The van der Waals surface area contributed by atoms with Gasteiger partial charge in [-0.1, -0.05) is 0 Å². The van der Waals surface area contributed by atoms with E-state index >= 15 is 0 Å². The monoisotopic (exact) mass is 250 g/mol. The van der Waals surface area contributed by atoms with Gasteiger partial charge in [-0.05, 0) is 0 Å². The Kier molecular flexibility index (Phi) is 6.13. The quantitative estimate of drug-likeness (QED) is 0.335. The maximum atomic E-state index is 11.9. The van der Waals surface area contributed by atoms with Crippen molar-refractivity contribution in [2.24, 2.45) is 0 Å². The van der Waals surface area contributed by atoms with Crippen LogP contribution < -0.4 is 29.6 Å². The third kappa shape index (κ3) is 6.12. The Morgan fingerprint density at radius 3 is 1.64 bits per heavy atom. The van der Waals surface area contributed by atoms with Crippen LogP contribution in [0.5, 0.6) is 0 Å². The van der Waals surface area contributed by atoms with Crippen molar-refractivity contribution in [2.75, 3.05) is 5.75 Å². The molecule has 0 aliphatic carbocycles. The molecule has 0 saturated heterocycles. The van der Waals surface area contributed by atoms with E-state index in [4.69, 9.17) is 0 Å². The largest absolute Gasteiger partial charge is 1.00 e. The molecule has 0 aliphatic rings. The molecule has 0 aromatic rings. The van der Waals surface area contributed by atoms with Gasteiger partial charge in [-0.25, -0.2) is 8.42 Å². The number of halogens is 5. The van der Waals surface area contributed by atoms with E-state index in [1.54, 1.807) is 0 Å². The summed E-state index contributed by atoms with van der Waals surface area (Å²) in [4.78, 5) is 0. The van der Waals surface area contributed by atoms with Gasteiger partial charge in [-0.15, -0.1) is 0 Å². The molecule has 0 bridgehead atoms. The predicted octanol–water partition coefficient (Wildman–Crippen LogP) is -1.88. The molecule has 0 saturated carbocycles. The second kappa shape index (κ2) is 5.06. The molecule has 0 spiro atoms. The molecular weight excluding hydrogens is 246 g/mol.